The van der Waals surface area contributed by atoms with Gasteiger partial charge in [-0.1, -0.05) is 37.3 Å². The number of carbonyl (C=O) groups excluding carboxylic acids is 1. The Morgan fingerprint density at radius 1 is 1.18 bits per heavy atom. The fourth-order valence-corrected chi connectivity index (χ4v) is 6.80. The number of amides is 1. The summed E-state index contributed by atoms with van der Waals surface area (Å²) >= 11 is 0. The Labute approximate surface area is 235 Å². The SMILES string of the molecule is CC1CCCN(S(=O)(=O)c2cccc(-c3nn(-c4ccccc4)cc3C=C(C#N)C(=O)NCC3CCCO3)c2)C1. The molecule has 3 aromatic rings. The number of ether oxygens (including phenoxy) is 1. The number of sulfonamides is 1. The largest absolute Gasteiger partial charge is 0.376 e. The second-order valence-corrected chi connectivity index (χ2v) is 12.3. The summed E-state index contributed by atoms with van der Waals surface area (Å²) in [6.45, 7) is 4.07. The minimum atomic E-state index is -3.69. The Morgan fingerprint density at radius 2 is 2.00 bits per heavy atom. The molecular formula is C30H33N5O4S. The molecule has 2 aliphatic rings. The molecule has 0 radical (unpaired) electrons. The minimum absolute atomic E-state index is 0.0483. The van der Waals surface area contributed by atoms with Gasteiger partial charge in [0.05, 0.1) is 16.7 Å². The van der Waals surface area contributed by atoms with Crippen molar-refractivity contribution >= 4 is 22.0 Å². The molecule has 40 heavy (non-hydrogen) atoms. The predicted octanol–water partition coefficient (Wildman–Crippen LogP) is 4.16. The van der Waals surface area contributed by atoms with Gasteiger partial charge in [0.1, 0.15) is 17.3 Å². The number of rotatable bonds is 8. The molecule has 2 atom stereocenters. The standard InChI is InChI=1S/C30H33N5O4S/c1-22-8-6-14-34(20-22)40(37,38)28-13-5-9-23(17-28)29-25(21-35(33-29)26-10-3-2-4-11-26)16-24(18-31)30(36)32-19-27-12-7-15-39-27/h2-5,9-11,13,16-17,21-22,27H,6-8,12,14-15,19-20H2,1H3,(H,32,36). The quantitative estimate of drug-likeness (QED) is 0.327. The molecule has 3 heterocycles. The number of hydrogen-bond donors (Lipinski definition) is 1. The maximum absolute atomic E-state index is 13.5. The summed E-state index contributed by atoms with van der Waals surface area (Å²) in [5.41, 5.74) is 2.28. The molecule has 9 nitrogen and oxygen atoms in total. The number of aromatic nitrogens is 2. The van der Waals surface area contributed by atoms with Crippen molar-refractivity contribution in [1.82, 2.24) is 19.4 Å². The van der Waals surface area contributed by atoms with E-state index in [2.05, 4.69) is 12.2 Å². The lowest BCUT2D eigenvalue weighted by Crippen LogP contribution is -2.39. The van der Waals surface area contributed by atoms with Crippen LogP contribution in [0.1, 0.15) is 38.2 Å². The molecule has 0 spiro atoms. The van der Waals surface area contributed by atoms with Crippen LogP contribution in [0, 0.1) is 17.2 Å². The first kappa shape index (κ1) is 27.8. The molecule has 5 rings (SSSR count). The van der Waals surface area contributed by atoms with Crippen LogP contribution >= 0.6 is 0 Å². The molecular weight excluding hydrogens is 526 g/mol. The van der Waals surface area contributed by atoms with E-state index in [1.165, 1.54) is 6.08 Å². The highest BCUT2D eigenvalue weighted by atomic mass is 32.2. The van der Waals surface area contributed by atoms with Crippen molar-refractivity contribution in [3.8, 4) is 23.0 Å². The number of carbonyl (C=O) groups is 1. The lowest BCUT2D eigenvalue weighted by atomic mass is 10.0. The predicted molar refractivity (Wildman–Crippen MR) is 152 cm³/mol. The number of piperidine rings is 1. The van der Waals surface area contributed by atoms with Gasteiger partial charge in [-0.25, -0.2) is 13.1 Å². The molecule has 2 unspecified atom stereocenters. The fourth-order valence-electron chi connectivity index (χ4n) is 5.16. The number of para-hydroxylation sites is 1. The summed E-state index contributed by atoms with van der Waals surface area (Å²) < 4.78 is 35.8. The Morgan fingerprint density at radius 3 is 2.73 bits per heavy atom. The normalized spacial score (nSPS) is 20.2. The molecule has 0 aliphatic carbocycles. The number of benzene rings is 2. The van der Waals surface area contributed by atoms with Gasteiger partial charge in [-0.2, -0.15) is 14.7 Å². The lowest BCUT2D eigenvalue weighted by Gasteiger charge is -2.30. The number of nitrogens with zero attached hydrogens (tertiary/aromatic N) is 4. The molecule has 1 aromatic heterocycles. The fraction of sp³-hybridized carbons (Fsp3) is 0.367. The third-order valence-electron chi connectivity index (χ3n) is 7.31. The van der Waals surface area contributed by atoms with E-state index in [0.717, 1.165) is 31.4 Å². The average Bonchev–Trinajstić information content (AvgIpc) is 3.65. The summed E-state index contributed by atoms with van der Waals surface area (Å²) in [5.74, 6) is -0.187. The van der Waals surface area contributed by atoms with Crippen molar-refractivity contribution < 1.29 is 17.9 Å². The summed E-state index contributed by atoms with van der Waals surface area (Å²) in [7, 11) is -3.69. The topological polar surface area (TPSA) is 117 Å². The first-order valence-corrected chi connectivity index (χ1v) is 15.1. The highest BCUT2D eigenvalue weighted by Crippen LogP contribution is 2.30. The average molecular weight is 560 g/mol. The maximum atomic E-state index is 13.5. The molecule has 2 fully saturated rings. The Balaban J connectivity index is 1.51. The molecule has 0 saturated carbocycles. The van der Waals surface area contributed by atoms with E-state index in [-0.39, 0.29) is 16.6 Å². The third-order valence-corrected chi connectivity index (χ3v) is 9.17. The molecule has 0 bridgehead atoms. The summed E-state index contributed by atoms with van der Waals surface area (Å²) in [4.78, 5) is 13.1. The van der Waals surface area contributed by atoms with Crippen LogP contribution in [0.4, 0.5) is 0 Å². The first-order valence-electron chi connectivity index (χ1n) is 13.6. The monoisotopic (exact) mass is 559 g/mol. The summed E-state index contributed by atoms with van der Waals surface area (Å²) in [6, 6.07) is 18.2. The highest BCUT2D eigenvalue weighted by molar-refractivity contribution is 7.89. The second kappa shape index (κ2) is 12.2. The van der Waals surface area contributed by atoms with E-state index in [4.69, 9.17) is 9.84 Å². The van der Waals surface area contributed by atoms with Gasteiger partial charge in [0.2, 0.25) is 10.0 Å². The van der Waals surface area contributed by atoms with Crippen molar-refractivity contribution in [3.05, 3.63) is 71.9 Å². The van der Waals surface area contributed by atoms with E-state index >= 15 is 0 Å². The van der Waals surface area contributed by atoms with E-state index < -0.39 is 15.9 Å². The molecule has 1 N–H and O–H groups in total. The van der Waals surface area contributed by atoms with Gasteiger partial charge in [0, 0.05) is 43.6 Å². The van der Waals surface area contributed by atoms with Crippen molar-refractivity contribution in [2.75, 3.05) is 26.2 Å². The highest BCUT2D eigenvalue weighted by Gasteiger charge is 2.29. The van der Waals surface area contributed by atoms with Crippen LogP contribution in [-0.2, 0) is 19.6 Å². The van der Waals surface area contributed by atoms with Crippen LogP contribution in [-0.4, -0.2) is 60.8 Å². The van der Waals surface area contributed by atoms with Crippen LogP contribution in [0.3, 0.4) is 0 Å². The molecule has 1 amide bonds. The number of nitriles is 1. The van der Waals surface area contributed by atoms with Crippen molar-refractivity contribution in [1.29, 1.82) is 5.26 Å². The third kappa shape index (κ3) is 6.17. The summed E-state index contributed by atoms with van der Waals surface area (Å²) in [5, 5.41) is 17.4. The van der Waals surface area contributed by atoms with Crippen molar-refractivity contribution in [3.63, 3.8) is 0 Å². The van der Waals surface area contributed by atoms with Gasteiger partial charge in [0.15, 0.2) is 0 Å². The van der Waals surface area contributed by atoms with Crippen LogP contribution in [0.25, 0.3) is 23.0 Å². The zero-order valence-electron chi connectivity index (χ0n) is 22.5. The number of hydrogen-bond acceptors (Lipinski definition) is 6. The molecule has 2 aliphatic heterocycles. The Bertz CT molecular complexity index is 1540. The van der Waals surface area contributed by atoms with Crippen molar-refractivity contribution in [2.24, 2.45) is 5.92 Å². The van der Waals surface area contributed by atoms with E-state index in [0.29, 0.717) is 49.0 Å². The Kier molecular flexibility index (Phi) is 8.45. The first-order chi connectivity index (χ1) is 19.3. The lowest BCUT2D eigenvalue weighted by molar-refractivity contribution is -0.117. The van der Waals surface area contributed by atoms with Crippen molar-refractivity contribution in [2.45, 2.75) is 43.6 Å². The number of nitrogens with one attached hydrogen (secondary N) is 1. The Hall–Kier alpha value is -3.78. The van der Waals surface area contributed by atoms with Gasteiger partial charge in [-0.05, 0) is 61.9 Å². The molecule has 208 valence electrons. The zero-order valence-corrected chi connectivity index (χ0v) is 23.3. The van der Waals surface area contributed by atoms with Gasteiger partial charge >= 0.3 is 0 Å². The van der Waals surface area contributed by atoms with E-state index in [1.807, 2.05) is 36.4 Å². The maximum Gasteiger partial charge on any atom is 0.262 e. The van der Waals surface area contributed by atoms with E-state index in [9.17, 15) is 18.5 Å². The minimum Gasteiger partial charge on any atom is -0.376 e. The van der Waals surface area contributed by atoms with Gasteiger partial charge in [0.25, 0.3) is 5.91 Å². The molecule has 2 saturated heterocycles. The van der Waals surface area contributed by atoms with Gasteiger partial charge in [-0.3, -0.25) is 4.79 Å². The van der Waals surface area contributed by atoms with Gasteiger partial charge in [-0.15, -0.1) is 0 Å². The molecule has 2 aromatic carbocycles. The van der Waals surface area contributed by atoms with Crippen LogP contribution in [0.5, 0.6) is 0 Å². The zero-order chi connectivity index (χ0) is 28.1. The second-order valence-electron chi connectivity index (χ2n) is 10.4. The van der Waals surface area contributed by atoms with E-state index in [1.54, 1.807) is 39.4 Å². The van der Waals surface area contributed by atoms with Crippen LogP contribution in [0.15, 0.2) is 71.3 Å². The van der Waals surface area contributed by atoms with Crippen LogP contribution in [0.2, 0.25) is 0 Å². The summed E-state index contributed by atoms with van der Waals surface area (Å²) in [6.07, 6.45) is 6.87. The van der Waals surface area contributed by atoms with Gasteiger partial charge < -0.3 is 10.1 Å². The van der Waals surface area contributed by atoms with Crippen LogP contribution < -0.4 is 5.32 Å². The molecule has 10 heteroatoms. The smallest absolute Gasteiger partial charge is 0.262 e.